The van der Waals surface area contributed by atoms with Crippen molar-refractivity contribution in [2.75, 3.05) is 0 Å². The molecule has 0 aliphatic rings. The topological polar surface area (TPSA) is 31.6 Å². The summed E-state index contributed by atoms with van der Waals surface area (Å²) in [6.45, 7) is 8.68. The summed E-state index contributed by atoms with van der Waals surface area (Å²) in [7, 11) is 0. The van der Waals surface area contributed by atoms with Crippen LogP contribution in [0.2, 0.25) is 0 Å². The second-order valence-corrected chi connectivity index (χ2v) is 5.81. The van der Waals surface area contributed by atoms with Gasteiger partial charge in [0.2, 0.25) is 0 Å². The van der Waals surface area contributed by atoms with Gasteiger partial charge in [0.15, 0.2) is 4.77 Å². The van der Waals surface area contributed by atoms with E-state index >= 15 is 0 Å². The number of aromatic amines is 2. The van der Waals surface area contributed by atoms with Crippen molar-refractivity contribution >= 4 is 12.2 Å². The highest BCUT2D eigenvalue weighted by molar-refractivity contribution is 7.71. The van der Waals surface area contributed by atoms with E-state index in [1.54, 1.807) is 0 Å². The van der Waals surface area contributed by atoms with E-state index in [0.717, 1.165) is 11.4 Å². The van der Waals surface area contributed by atoms with Crippen LogP contribution in [0.25, 0.3) is 11.3 Å². The molecule has 1 aromatic carbocycles. The molecule has 2 rings (SSSR count). The van der Waals surface area contributed by atoms with Gasteiger partial charge in [0.25, 0.3) is 0 Å². The molecule has 0 atom stereocenters. The molecule has 0 fully saturated rings. The first-order valence-electron chi connectivity index (χ1n) is 5.78. The molecular weight excluding hydrogens is 228 g/mol. The third-order valence-electron chi connectivity index (χ3n) is 2.95. The van der Waals surface area contributed by atoms with Crippen LogP contribution in [0.4, 0.5) is 0 Å². The van der Waals surface area contributed by atoms with E-state index in [1.807, 2.05) is 6.92 Å². The van der Waals surface area contributed by atoms with Crippen LogP contribution >= 0.6 is 12.2 Å². The predicted molar refractivity (Wildman–Crippen MR) is 74.9 cm³/mol. The van der Waals surface area contributed by atoms with Crippen molar-refractivity contribution in [1.29, 1.82) is 0 Å². The fourth-order valence-corrected chi connectivity index (χ4v) is 2.15. The lowest BCUT2D eigenvalue weighted by atomic mass is 9.86. The Morgan fingerprint density at radius 3 is 2.00 bits per heavy atom. The molecule has 0 saturated heterocycles. The van der Waals surface area contributed by atoms with Gasteiger partial charge in [-0.25, -0.2) is 0 Å². The van der Waals surface area contributed by atoms with E-state index in [1.165, 1.54) is 11.1 Å². The van der Waals surface area contributed by atoms with Crippen molar-refractivity contribution in [1.82, 2.24) is 9.97 Å². The van der Waals surface area contributed by atoms with Crippen LogP contribution in [-0.2, 0) is 5.41 Å². The SMILES string of the molecule is Cc1[nH]c(=S)[nH]c1-c1ccc(C(C)(C)C)cc1. The zero-order chi connectivity index (χ0) is 12.6. The largest absolute Gasteiger partial charge is 0.334 e. The minimum Gasteiger partial charge on any atom is -0.334 e. The van der Waals surface area contributed by atoms with Gasteiger partial charge in [-0.3, -0.25) is 0 Å². The number of hydrogen-bond donors (Lipinski definition) is 2. The second-order valence-electron chi connectivity index (χ2n) is 5.41. The second kappa shape index (κ2) is 4.15. The molecule has 3 heteroatoms. The maximum atomic E-state index is 5.09. The van der Waals surface area contributed by atoms with E-state index in [0.29, 0.717) is 4.77 Å². The smallest absolute Gasteiger partial charge is 0.175 e. The van der Waals surface area contributed by atoms with Gasteiger partial charge >= 0.3 is 0 Å². The molecule has 90 valence electrons. The van der Waals surface area contributed by atoms with Crippen molar-refractivity contribution < 1.29 is 0 Å². The Hall–Kier alpha value is -1.35. The average molecular weight is 246 g/mol. The molecule has 2 N–H and O–H groups in total. The number of imidazole rings is 1. The number of H-pyrrole nitrogens is 2. The number of aryl methyl sites for hydroxylation is 1. The maximum absolute atomic E-state index is 5.09. The van der Waals surface area contributed by atoms with Crippen LogP contribution in [0.15, 0.2) is 24.3 Å². The first kappa shape index (κ1) is 12.1. The summed E-state index contributed by atoms with van der Waals surface area (Å²) in [6.07, 6.45) is 0. The van der Waals surface area contributed by atoms with E-state index in [4.69, 9.17) is 12.2 Å². The van der Waals surface area contributed by atoms with Gasteiger partial charge in [0, 0.05) is 5.69 Å². The lowest BCUT2D eigenvalue weighted by molar-refractivity contribution is 0.590. The van der Waals surface area contributed by atoms with Crippen LogP contribution in [0.5, 0.6) is 0 Å². The normalized spacial score (nSPS) is 11.8. The highest BCUT2D eigenvalue weighted by Crippen LogP contribution is 2.26. The molecule has 2 nitrogen and oxygen atoms in total. The molecule has 1 aromatic heterocycles. The van der Waals surface area contributed by atoms with Gasteiger partial charge in [-0.05, 0) is 35.7 Å². The molecule has 17 heavy (non-hydrogen) atoms. The molecule has 0 aliphatic heterocycles. The van der Waals surface area contributed by atoms with Crippen molar-refractivity contribution in [2.45, 2.75) is 33.1 Å². The number of benzene rings is 1. The minimum absolute atomic E-state index is 0.193. The predicted octanol–water partition coefficient (Wildman–Crippen LogP) is 4.35. The molecule has 0 spiro atoms. The summed E-state index contributed by atoms with van der Waals surface area (Å²) in [6, 6.07) is 8.64. The first-order valence-corrected chi connectivity index (χ1v) is 6.18. The molecule has 0 amide bonds. The minimum atomic E-state index is 0.193. The lowest BCUT2D eigenvalue weighted by Crippen LogP contribution is -2.10. The fourth-order valence-electron chi connectivity index (χ4n) is 1.90. The van der Waals surface area contributed by atoms with Crippen LogP contribution < -0.4 is 0 Å². The zero-order valence-corrected chi connectivity index (χ0v) is 11.5. The third kappa shape index (κ3) is 2.50. The summed E-state index contributed by atoms with van der Waals surface area (Å²) in [5.74, 6) is 0. The monoisotopic (exact) mass is 246 g/mol. The Morgan fingerprint density at radius 2 is 1.59 bits per heavy atom. The van der Waals surface area contributed by atoms with Crippen molar-refractivity contribution in [3.8, 4) is 11.3 Å². The molecule has 0 saturated carbocycles. The van der Waals surface area contributed by atoms with Gasteiger partial charge in [0.05, 0.1) is 5.69 Å². The number of aromatic nitrogens is 2. The number of nitrogens with one attached hydrogen (secondary N) is 2. The molecule has 2 aromatic rings. The van der Waals surface area contributed by atoms with Crippen molar-refractivity contribution in [3.63, 3.8) is 0 Å². The van der Waals surface area contributed by atoms with Crippen LogP contribution in [0, 0.1) is 11.7 Å². The zero-order valence-electron chi connectivity index (χ0n) is 10.7. The van der Waals surface area contributed by atoms with Crippen molar-refractivity contribution in [3.05, 3.63) is 40.3 Å². The molecule has 0 unspecified atom stereocenters. The quantitative estimate of drug-likeness (QED) is 0.720. The highest BCUT2D eigenvalue weighted by Gasteiger charge is 2.13. The molecule has 0 aliphatic carbocycles. The summed E-state index contributed by atoms with van der Waals surface area (Å²) < 4.78 is 0.678. The third-order valence-corrected chi connectivity index (χ3v) is 3.16. The standard InChI is InChI=1S/C14H18N2S/c1-9-12(16-13(17)15-9)10-5-7-11(8-6-10)14(2,3)4/h5-8H,1-4H3,(H2,15,16,17). The first-order chi connectivity index (χ1) is 7.88. The van der Waals surface area contributed by atoms with Crippen LogP contribution in [0.1, 0.15) is 32.0 Å². The lowest BCUT2D eigenvalue weighted by Gasteiger charge is -2.19. The fraction of sp³-hybridized carbons (Fsp3) is 0.357. The van der Waals surface area contributed by atoms with Gasteiger partial charge in [-0.1, -0.05) is 45.0 Å². The number of rotatable bonds is 1. The van der Waals surface area contributed by atoms with Gasteiger partial charge in [-0.2, -0.15) is 0 Å². The van der Waals surface area contributed by atoms with Gasteiger partial charge in [0.1, 0.15) is 0 Å². The molecule has 1 heterocycles. The van der Waals surface area contributed by atoms with Gasteiger partial charge in [-0.15, -0.1) is 0 Å². The van der Waals surface area contributed by atoms with Crippen LogP contribution in [0.3, 0.4) is 0 Å². The van der Waals surface area contributed by atoms with Crippen molar-refractivity contribution in [2.24, 2.45) is 0 Å². The highest BCUT2D eigenvalue weighted by atomic mass is 32.1. The molecular formula is C14H18N2S. The van der Waals surface area contributed by atoms with E-state index in [9.17, 15) is 0 Å². The number of hydrogen-bond acceptors (Lipinski definition) is 1. The van der Waals surface area contributed by atoms with Crippen LogP contribution in [-0.4, -0.2) is 9.97 Å². The summed E-state index contributed by atoms with van der Waals surface area (Å²) in [4.78, 5) is 6.29. The Kier molecular flexibility index (Phi) is 2.96. The Bertz CT molecular complexity index is 568. The summed E-state index contributed by atoms with van der Waals surface area (Å²) >= 11 is 5.09. The Morgan fingerprint density at radius 1 is 1.00 bits per heavy atom. The van der Waals surface area contributed by atoms with E-state index in [2.05, 4.69) is 55.0 Å². The Labute approximate surface area is 107 Å². The Balaban J connectivity index is 2.43. The maximum Gasteiger partial charge on any atom is 0.175 e. The average Bonchev–Trinajstić information content (AvgIpc) is 2.57. The summed E-state index contributed by atoms with van der Waals surface area (Å²) in [5.41, 5.74) is 4.86. The molecule has 0 bridgehead atoms. The van der Waals surface area contributed by atoms with Gasteiger partial charge < -0.3 is 9.97 Å². The van der Waals surface area contributed by atoms with E-state index in [-0.39, 0.29) is 5.41 Å². The molecule has 0 radical (unpaired) electrons. The van der Waals surface area contributed by atoms with E-state index < -0.39 is 0 Å². The summed E-state index contributed by atoms with van der Waals surface area (Å²) in [5, 5.41) is 0.